The molecule has 146 valence electrons. The van der Waals surface area contributed by atoms with E-state index in [1.165, 1.54) is 11.3 Å². The fraction of sp³-hybridized carbons (Fsp3) is 0.381. The highest BCUT2D eigenvalue weighted by molar-refractivity contribution is 7.20. The maximum absolute atomic E-state index is 12.8. The average molecular weight is 397 g/mol. The van der Waals surface area contributed by atoms with Crippen molar-refractivity contribution in [3.63, 3.8) is 0 Å². The van der Waals surface area contributed by atoms with Gasteiger partial charge in [-0.25, -0.2) is 4.98 Å². The van der Waals surface area contributed by atoms with E-state index in [1.54, 1.807) is 6.33 Å². The van der Waals surface area contributed by atoms with Gasteiger partial charge in [0.15, 0.2) is 0 Å². The Hall–Kier alpha value is -2.67. The number of benzene rings is 1. The van der Waals surface area contributed by atoms with Crippen molar-refractivity contribution < 1.29 is 9.59 Å². The fourth-order valence-corrected chi connectivity index (χ4v) is 4.54. The molecular formula is C21H24N4O2S. The number of nitrogens with zero attached hydrogens (tertiary/aromatic N) is 2. The summed E-state index contributed by atoms with van der Waals surface area (Å²) in [5.41, 5.74) is 1.13. The number of carbonyl (C=O) groups is 2. The molecule has 4 rings (SSSR count). The summed E-state index contributed by atoms with van der Waals surface area (Å²) in [4.78, 5) is 30.3. The van der Waals surface area contributed by atoms with Gasteiger partial charge in [-0.3, -0.25) is 9.59 Å². The Balaban J connectivity index is 1.40. The molecule has 28 heavy (non-hydrogen) atoms. The quantitative estimate of drug-likeness (QED) is 0.644. The summed E-state index contributed by atoms with van der Waals surface area (Å²) in [5.74, 6) is 0.0109. The van der Waals surface area contributed by atoms with Crippen molar-refractivity contribution in [2.24, 2.45) is 7.05 Å². The summed E-state index contributed by atoms with van der Waals surface area (Å²) in [6.45, 7) is 2.02. The van der Waals surface area contributed by atoms with E-state index in [2.05, 4.69) is 15.6 Å². The Bertz CT molecular complexity index is 976. The molecule has 2 heterocycles. The number of hydrogen-bond donors (Lipinski definition) is 2. The van der Waals surface area contributed by atoms with Gasteiger partial charge in [-0.15, -0.1) is 11.3 Å². The monoisotopic (exact) mass is 396 g/mol. The minimum atomic E-state index is -0.518. The van der Waals surface area contributed by atoms with Gasteiger partial charge in [-0.2, -0.15) is 0 Å². The first-order valence-electron chi connectivity index (χ1n) is 9.63. The molecule has 1 aromatic carbocycles. The molecule has 2 amide bonds. The number of thiophene rings is 1. The van der Waals surface area contributed by atoms with Crippen LogP contribution in [0, 0.1) is 0 Å². The van der Waals surface area contributed by atoms with Gasteiger partial charge in [0.1, 0.15) is 6.04 Å². The summed E-state index contributed by atoms with van der Waals surface area (Å²) >= 11 is 1.45. The summed E-state index contributed by atoms with van der Waals surface area (Å²) in [7, 11) is 1.96. The molecule has 2 N–H and O–H groups in total. The SMILES string of the molecule is CCCC(NC(=O)c1cc2ccccc2s1)C(=O)N[C@@H]1C[C@H]1c1cncn1C. The Morgan fingerprint density at radius 1 is 1.36 bits per heavy atom. The van der Waals surface area contributed by atoms with Gasteiger partial charge < -0.3 is 15.2 Å². The third-order valence-electron chi connectivity index (χ3n) is 5.20. The number of nitrogens with one attached hydrogen (secondary N) is 2. The lowest BCUT2D eigenvalue weighted by molar-refractivity contribution is -0.123. The van der Waals surface area contributed by atoms with Gasteiger partial charge in [0, 0.05) is 35.6 Å². The minimum absolute atomic E-state index is 0.106. The predicted octanol–water partition coefficient (Wildman–Crippen LogP) is 3.21. The van der Waals surface area contributed by atoms with Crippen molar-refractivity contribution in [2.75, 3.05) is 0 Å². The van der Waals surface area contributed by atoms with Crippen LogP contribution in [-0.4, -0.2) is 33.4 Å². The maximum atomic E-state index is 12.8. The van der Waals surface area contributed by atoms with Crippen LogP contribution in [0.3, 0.4) is 0 Å². The normalized spacial score (nSPS) is 19.4. The van der Waals surface area contributed by atoms with E-state index >= 15 is 0 Å². The molecule has 7 heteroatoms. The summed E-state index contributed by atoms with van der Waals surface area (Å²) in [6.07, 6.45) is 5.97. The van der Waals surface area contributed by atoms with E-state index in [4.69, 9.17) is 0 Å². The number of hydrogen-bond acceptors (Lipinski definition) is 4. The molecule has 1 fully saturated rings. The molecule has 1 saturated carbocycles. The lowest BCUT2D eigenvalue weighted by atomic mass is 10.1. The van der Waals surface area contributed by atoms with Crippen molar-refractivity contribution in [2.45, 2.75) is 44.2 Å². The van der Waals surface area contributed by atoms with Crippen LogP contribution in [0.15, 0.2) is 42.9 Å². The highest BCUT2D eigenvalue weighted by Crippen LogP contribution is 2.40. The first-order valence-corrected chi connectivity index (χ1v) is 10.4. The Kier molecular flexibility index (Phi) is 5.17. The third-order valence-corrected chi connectivity index (χ3v) is 6.32. The van der Waals surface area contributed by atoms with Crippen molar-refractivity contribution in [3.05, 3.63) is 53.4 Å². The second-order valence-electron chi connectivity index (χ2n) is 7.35. The zero-order chi connectivity index (χ0) is 19.7. The molecule has 2 aromatic heterocycles. The van der Waals surface area contributed by atoms with Crippen LogP contribution in [-0.2, 0) is 11.8 Å². The molecule has 0 aliphatic heterocycles. The maximum Gasteiger partial charge on any atom is 0.262 e. The van der Waals surface area contributed by atoms with Gasteiger partial charge in [-0.1, -0.05) is 31.5 Å². The zero-order valence-electron chi connectivity index (χ0n) is 16.0. The summed E-state index contributed by atoms with van der Waals surface area (Å²) in [6, 6.07) is 9.39. The molecule has 0 radical (unpaired) electrons. The van der Waals surface area contributed by atoms with Crippen molar-refractivity contribution in [3.8, 4) is 0 Å². The Labute approximate surface area is 168 Å². The van der Waals surface area contributed by atoms with E-state index in [9.17, 15) is 9.59 Å². The van der Waals surface area contributed by atoms with Gasteiger partial charge >= 0.3 is 0 Å². The largest absolute Gasteiger partial charge is 0.351 e. The van der Waals surface area contributed by atoms with E-state index < -0.39 is 6.04 Å². The van der Waals surface area contributed by atoms with Crippen LogP contribution in [0.5, 0.6) is 0 Å². The molecule has 0 bridgehead atoms. The first-order chi connectivity index (χ1) is 13.6. The summed E-state index contributed by atoms with van der Waals surface area (Å²) < 4.78 is 3.06. The number of imidazole rings is 1. The number of amides is 2. The molecule has 3 aromatic rings. The number of carbonyl (C=O) groups excluding carboxylic acids is 2. The van der Waals surface area contributed by atoms with E-state index in [0.29, 0.717) is 17.2 Å². The molecule has 0 spiro atoms. The second-order valence-corrected chi connectivity index (χ2v) is 8.43. The molecule has 6 nitrogen and oxygen atoms in total. The highest BCUT2D eigenvalue weighted by Gasteiger charge is 2.42. The van der Waals surface area contributed by atoms with Crippen molar-refractivity contribution in [1.82, 2.24) is 20.2 Å². The van der Waals surface area contributed by atoms with Crippen LogP contribution in [0.4, 0.5) is 0 Å². The number of rotatable bonds is 7. The number of fused-ring (bicyclic) bond motifs is 1. The highest BCUT2D eigenvalue weighted by atomic mass is 32.1. The van der Waals surface area contributed by atoms with Gasteiger partial charge in [0.2, 0.25) is 5.91 Å². The Morgan fingerprint density at radius 3 is 2.89 bits per heavy atom. The van der Waals surface area contributed by atoms with E-state index in [-0.39, 0.29) is 17.9 Å². The molecule has 3 atom stereocenters. The van der Waals surface area contributed by atoms with Crippen LogP contribution in [0.2, 0.25) is 0 Å². The lowest BCUT2D eigenvalue weighted by Crippen LogP contribution is -2.47. The third kappa shape index (κ3) is 3.80. The van der Waals surface area contributed by atoms with E-state index in [0.717, 1.165) is 28.6 Å². The topological polar surface area (TPSA) is 76.0 Å². The van der Waals surface area contributed by atoms with E-state index in [1.807, 2.05) is 55.1 Å². The van der Waals surface area contributed by atoms with Crippen molar-refractivity contribution in [1.29, 1.82) is 0 Å². The minimum Gasteiger partial charge on any atom is -0.351 e. The van der Waals surface area contributed by atoms with Gasteiger partial charge in [0.05, 0.1) is 11.2 Å². The first kappa shape index (κ1) is 18.7. The molecule has 1 aliphatic carbocycles. The van der Waals surface area contributed by atoms with Crippen LogP contribution < -0.4 is 10.6 Å². The Morgan fingerprint density at radius 2 is 2.18 bits per heavy atom. The molecular weight excluding hydrogens is 372 g/mol. The number of aromatic nitrogens is 2. The lowest BCUT2D eigenvalue weighted by Gasteiger charge is -2.17. The fourth-order valence-electron chi connectivity index (χ4n) is 3.57. The van der Waals surface area contributed by atoms with Gasteiger partial charge in [-0.05, 0) is 30.4 Å². The summed E-state index contributed by atoms with van der Waals surface area (Å²) in [5, 5.41) is 7.07. The van der Waals surface area contributed by atoms with Crippen molar-refractivity contribution >= 4 is 33.2 Å². The van der Waals surface area contributed by atoms with Crippen LogP contribution in [0.25, 0.3) is 10.1 Å². The number of aryl methyl sites for hydroxylation is 1. The van der Waals surface area contributed by atoms with Crippen LogP contribution in [0.1, 0.15) is 47.5 Å². The molecule has 0 saturated heterocycles. The van der Waals surface area contributed by atoms with Crippen LogP contribution >= 0.6 is 11.3 Å². The average Bonchev–Trinajstić information content (AvgIpc) is 3.10. The molecule has 1 aliphatic rings. The molecule has 1 unspecified atom stereocenters. The standard InChI is InChI=1S/C21H24N4O2S/c1-3-6-15(20(26)24-16-10-14(16)17-11-22-12-25(17)2)23-21(27)19-9-13-7-4-5-8-18(13)28-19/h4-5,7-9,11-12,14-16H,3,6,10H2,1-2H3,(H,23,27)(H,24,26)/t14-,15?,16-/m1/s1. The second kappa shape index (κ2) is 7.75. The predicted molar refractivity (Wildman–Crippen MR) is 110 cm³/mol. The smallest absolute Gasteiger partial charge is 0.262 e. The van der Waals surface area contributed by atoms with Gasteiger partial charge in [0.25, 0.3) is 5.91 Å². The zero-order valence-corrected chi connectivity index (χ0v) is 16.8.